The maximum Gasteiger partial charge on any atom is 0.411 e. The Bertz CT molecular complexity index is 1030. The molecule has 180 valence electrons. The van der Waals surface area contributed by atoms with Crippen molar-refractivity contribution in [2.45, 2.75) is 70.6 Å². The van der Waals surface area contributed by atoms with Gasteiger partial charge in [0, 0.05) is 31.5 Å². The number of carbonyl (C=O) groups excluding carboxylic acids is 2. The number of cyclic esters (lactones) is 1. The third kappa shape index (κ3) is 4.61. The van der Waals surface area contributed by atoms with Crippen molar-refractivity contribution in [1.82, 2.24) is 9.80 Å². The number of hydrogen-bond acceptors (Lipinski definition) is 3. The minimum atomic E-state index is -0.552. The minimum Gasteiger partial charge on any atom is -0.438 e. The van der Waals surface area contributed by atoms with Crippen LogP contribution in [0.15, 0.2) is 66.7 Å². The molecule has 2 aliphatic rings. The smallest absolute Gasteiger partial charge is 0.411 e. The average molecular weight is 461 g/mol. The molecule has 2 heterocycles. The molecule has 5 nitrogen and oxygen atoms in total. The second-order valence-electron chi connectivity index (χ2n) is 9.67. The first kappa shape index (κ1) is 24.1. The van der Waals surface area contributed by atoms with Gasteiger partial charge < -0.3 is 14.5 Å². The van der Waals surface area contributed by atoms with Crippen molar-refractivity contribution in [3.63, 3.8) is 0 Å². The van der Waals surface area contributed by atoms with Crippen molar-refractivity contribution in [2.24, 2.45) is 0 Å². The molecule has 4 rings (SSSR count). The van der Waals surface area contributed by atoms with Gasteiger partial charge in [-0.25, -0.2) is 4.79 Å². The third-order valence-electron chi connectivity index (χ3n) is 7.43. The fourth-order valence-electron chi connectivity index (χ4n) is 5.29. The first-order chi connectivity index (χ1) is 16.4. The van der Waals surface area contributed by atoms with Crippen LogP contribution in [0.2, 0.25) is 0 Å². The Kier molecular flexibility index (Phi) is 7.11. The zero-order valence-electron chi connectivity index (χ0n) is 20.7. The van der Waals surface area contributed by atoms with E-state index in [1.165, 1.54) is 5.56 Å². The zero-order valence-corrected chi connectivity index (χ0v) is 20.7. The van der Waals surface area contributed by atoms with Crippen molar-refractivity contribution in [3.05, 3.63) is 83.4 Å². The summed E-state index contributed by atoms with van der Waals surface area (Å²) in [5.41, 5.74) is 2.81. The van der Waals surface area contributed by atoms with Gasteiger partial charge in [0.25, 0.3) is 0 Å². The lowest BCUT2D eigenvalue weighted by Gasteiger charge is -2.43. The molecule has 0 spiro atoms. The second-order valence-corrected chi connectivity index (χ2v) is 9.67. The highest BCUT2D eigenvalue weighted by atomic mass is 16.6. The first-order valence-corrected chi connectivity index (χ1v) is 12.5. The van der Waals surface area contributed by atoms with Crippen LogP contribution in [0.25, 0.3) is 0 Å². The van der Waals surface area contributed by atoms with Gasteiger partial charge >= 0.3 is 6.09 Å². The molecule has 5 heteroatoms. The molecule has 0 aromatic heterocycles. The van der Waals surface area contributed by atoms with Gasteiger partial charge in [0.05, 0.1) is 6.04 Å². The molecule has 2 aromatic carbocycles. The fraction of sp³-hybridized carbons (Fsp3) is 0.448. The van der Waals surface area contributed by atoms with E-state index < -0.39 is 5.60 Å². The van der Waals surface area contributed by atoms with Crippen LogP contribution >= 0.6 is 0 Å². The summed E-state index contributed by atoms with van der Waals surface area (Å²) in [5, 5.41) is 0. The highest BCUT2D eigenvalue weighted by Gasteiger charge is 2.42. The Labute approximate surface area is 203 Å². The SMILES string of the molecule is CCC(c1ccc(C2C=CC(=O)N(C(C)C)C2)cc1)N1CC[C@](CC)(c2ccccc2)OC1=O. The molecular formula is C29H36N2O3. The van der Waals surface area contributed by atoms with Gasteiger partial charge in [0.15, 0.2) is 0 Å². The largest absolute Gasteiger partial charge is 0.438 e. The zero-order chi connectivity index (χ0) is 24.3. The van der Waals surface area contributed by atoms with E-state index in [4.69, 9.17) is 4.74 Å². The maximum absolute atomic E-state index is 13.2. The quantitative estimate of drug-likeness (QED) is 0.496. The second kappa shape index (κ2) is 10.0. The highest BCUT2D eigenvalue weighted by Crippen LogP contribution is 2.40. The lowest BCUT2D eigenvalue weighted by atomic mass is 9.86. The summed E-state index contributed by atoms with van der Waals surface area (Å²) in [4.78, 5) is 29.2. The molecule has 0 saturated carbocycles. The summed E-state index contributed by atoms with van der Waals surface area (Å²) in [6, 6.07) is 18.8. The van der Waals surface area contributed by atoms with Gasteiger partial charge in [-0.05, 0) is 49.5 Å². The van der Waals surface area contributed by atoms with Crippen molar-refractivity contribution in [1.29, 1.82) is 0 Å². The Morgan fingerprint density at radius 2 is 1.71 bits per heavy atom. The molecule has 2 aliphatic heterocycles. The molecule has 2 amide bonds. The molecule has 0 radical (unpaired) electrons. The van der Waals surface area contributed by atoms with Crippen LogP contribution in [-0.4, -0.2) is 40.9 Å². The normalized spacial score (nSPS) is 23.9. The minimum absolute atomic E-state index is 0.0252. The van der Waals surface area contributed by atoms with Gasteiger partial charge in [-0.2, -0.15) is 0 Å². The number of carbonyl (C=O) groups is 2. The molecule has 2 unspecified atom stereocenters. The number of benzene rings is 2. The van der Waals surface area contributed by atoms with Crippen molar-refractivity contribution >= 4 is 12.0 Å². The molecule has 0 aliphatic carbocycles. The predicted octanol–water partition coefficient (Wildman–Crippen LogP) is 6.18. The van der Waals surface area contributed by atoms with Gasteiger partial charge in [0.2, 0.25) is 5.91 Å². The van der Waals surface area contributed by atoms with E-state index in [0.717, 1.165) is 30.4 Å². The summed E-state index contributed by atoms with van der Waals surface area (Å²) in [6.45, 7) is 9.65. The summed E-state index contributed by atoms with van der Waals surface area (Å²) in [7, 11) is 0. The third-order valence-corrected chi connectivity index (χ3v) is 7.43. The molecule has 34 heavy (non-hydrogen) atoms. The van der Waals surface area contributed by atoms with Crippen LogP contribution in [0.4, 0.5) is 4.79 Å². The van der Waals surface area contributed by atoms with Crippen molar-refractivity contribution < 1.29 is 14.3 Å². The molecule has 3 atom stereocenters. The summed E-state index contributed by atoms with van der Waals surface area (Å²) in [5.74, 6) is 0.265. The van der Waals surface area contributed by atoms with Gasteiger partial charge in [0.1, 0.15) is 5.60 Å². The number of nitrogens with zero attached hydrogens (tertiary/aromatic N) is 2. The highest BCUT2D eigenvalue weighted by molar-refractivity contribution is 5.89. The maximum atomic E-state index is 13.2. The molecule has 0 bridgehead atoms. The van der Waals surface area contributed by atoms with Crippen molar-refractivity contribution in [3.8, 4) is 0 Å². The number of ether oxygens (including phenoxy) is 1. The van der Waals surface area contributed by atoms with Crippen molar-refractivity contribution in [2.75, 3.05) is 13.1 Å². The van der Waals surface area contributed by atoms with E-state index in [1.807, 2.05) is 47.9 Å². The van der Waals surface area contributed by atoms with E-state index in [1.54, 1.807) is 6.08 Å². The molecule has 2 aromatic rings. The monoisotopic (exact) mass is 460 g/mol. The molecular weight excluding hydrogens is 424 g/mol. The average Bonchev–Trinajstić information content (AvgIpc) is 2.86. The Morgan fingerprint density at radius 3 is 2.29 bits per heavy atom. The lowest BCUT2D eigenvalue weighted by molar-refractivity contribution is -0.128. The van der Waals surface area contributed by atoms with Gasteiger partial charge in [-0.15, -0.1) is 0 Å². The topological polar surface area (TPSA) is 49.9 Å². The van der Waals surface area contributed by atoms with Crippen LogP contribution < -0.4 is 0 Å². The van der Waals surface area contributed by atoms with Crippen LogP contribution in [0, 0.1) is 0 Å². The molecule has 1 saturated heterocycles. The molecule has 0 N–H and O–H groups in total. The van der Waals surface area contributed by atoms with Gasteiger partial charge in [-0.1, -0.05) is 74.5 Å². The Balaban J connectivity index is 1.49. The number of hydrogen-bond donors (Lipinski definition) is 0. The van der Waals surface area contributed by atoms with Crippen LogP contribution in [0.5, 0.6) is 0 Å². The van der Waals surface area contributed by atoms with E-state index in [2.05, 4.69) is 50.2 Å². The predicted molar refractivity (Wildman–Crippen MR) is 134 cm³/mol. The van der Waals surface area contributed by atoms with Crippen LogP contribution in [0.3, 0.4) is 0 Å². The van der Waals surface area contributed by atoms with E-state index in [-0.39, 0.29) is 30.0 Å². The van der Waals surface area contributed by atoms with E-state index in [9.17, 15) is 9.59 Å². The van der Waals surface area contributed by atoms with Crippen LogP contribution in [-0.2, 0) is 15.1 Å². The Morgan fingerprint density at radius 1 is 1.00 bits per heavy atom. The molecule has 1 fully saturated rings. The number of amides is 2. The summed E-state index contributed by atoms with van der Waals surface area (Å²) >= 11 is 0. The Hall–Kier alpha value is -3.08. The van der Waals surface area contributed by atoms with E-state index >= 15 is 0 Å². The summed E-state index contributed by atoms with van der Waals surface area (Å²) < 4.78 is 6.13. The van der Waals surface area contributed by atoms with E-state index in [0.29, 0.717) is 13.1 Å². The number of rotatable bonds is 7. The lowest BCUT2D eigenvalue weighted by Crippen LogP contribution is -2.48. The standard InChI is InChI=1S/C29H36N2O3/c1-5-26(30-19-18-29(6-2,34-28(30)33)25-10-8-7-9-11-25)23-14-12-22(13-15-23)24-16-17-27(32)31(20-24)21(3)4/h7-17,21,24,26H,5-6,18-20H2,1-4H3/t24?,26?,29-/m1/s1. The van der Waals surface area contributed by atoms with Gasteiger partial charge in [-0.3, -0.25) is 4.79 Å². The fourth-order valence-corrected chi connectivity index (χ4v) is 5.29. The summed E-state index contributed by atoms with van der Waals surface area (Å²) in [6.07, 6.45) is 5.80. The van der Waals surface area contributed by atoms with Crippen LogP contribution in [0.1, 0.15) is 75.6 Å². The first-order valence-electron chi connectivity index (χ1n) is 12.5.